The van der Waals surface area contributed by atoms with Gasteiger partial charge in [0.05, 0.1) is 11.5 Å². The van der Waals surface area contributed by atoms with E-state index >= 15 is 4.39 Å². The number of aliphatic carboxylic acids is 1. The van der Waals surface area contributed by atoms with Crippen molar-refractivity contribution in [1.29, 1.82) is 0 Å². The predicted octanol–water partition coefficient (Wildman–Crippen LogP) is 6.54. The molecule has 1 saturated carbocycles. The summed E-state index contributed by atoms with van der Waals surface area (Å²) < 4.78 is 62.1. The van der Waals surface area contributed by atoms with Gasteiger partial charge in [0.1, 0.15) is 11.6 Å². The van der Waals surface area contributed by atoms with Gasteiger partial charge < -0.3 is 9.63 Å². The molecular formula is C28H22ClF4N3O3. The molecule has 1 aliphatic carbocycles. The molecule has 0 unspecified atom stereocenters. The highest BCUT2D eigenvalue weighted by atomic mass is 35.5. The van der Waals surface area contributed by atoms with Crippen molar-refractivity contribution in [2.45, 2.75) is 38.9 Å². The Kier molecular flexibility index (Phi) is 6.94. The fourth-order valence-electron chi connectivity index (χ4n) is 5.24. The van der Waals surface area contributed by atoms with Gasteiger partial charge in [-0.15, -0.1) is 12.4 Å². The van der Waals surface area contributed by atoms with Gasteiger partial charge in [0.2, 0.25) is 5.82 Å². The van der Waals surface area contributed by atoms with E-state index in [2.05, 4.69) is 15.0 Å². The number of nitrogens with zero attached hydrogens (tertiary/aromatic N) is 3. The van der Waals surface area contributed by atoms with Crippen LogP contribution in [-0.4, -0.2) is 32.2 Å². The van der Waals surface area contributed by atoms with Crippen molar-refractivity contribution in [3.05, 3.63) is 82.4 Å². The Morgan fingerprint density at radius 2 is 1.69 bits per heavy atom. The molecule has 3 aromatic carbocycles. The predicted molar refractivity (Wildman–Crippen MR) is 136 cm³/mol. The minimum absolute atomic E-state index is 0. The molecular weight excluding hydrogens is 538 g/mol. The highest BCUT2D eigenvalue weighted by Gasteiger charge is 2.39. The number of halogens is 5. The first-order valence-corrected chi connectivity index (χ1v) is 12.1. The summed E-state index contributed by atoms with van der Waals surface area (Å²) in [6.45, 7) is 3.00. The third-order valence-electron chi connectivity index (χ3n) is 7.44. The lowest BCUT2D eigenvalue weighted by Crippen LogP contribution is -2.44. The summed E-state index contributed by atoms with van der Waals surface area (Å²) in [6, 6.07) is 9.62. The van der Waals surface area contributed by atoms with Crippen LogP contribution in [0.3, 0.4) is 0 Å². The summed E-state index contributed by atoms with van der Waals surface area (Å²) in [5.74, 6) is -5.26. The fourth-order valence-corrected chi connectivity index (χ4v) is 5.24. The lowest BCUT2D eigenvalue weighted by atomic mass is 9.79. The van der Waals surface area contributed by atoms with Gasteiger partial charge in [-0.3, -0.25) is 9.69 Å². The zero-order valence-corrected chi connectivity index (χ0v) is 21.4. The number of hydrogen-bond acceptors (Lipinski definition) is 5. The van der Waals surface area contributed by atoms with Crippen LogP contribution in [0.5, 0.6) is 0 Å². The van der Waals surface area contributed by atoms with Crippen molar-refractivity contribution >= 4 is 18.4 Å². The lowest BCUT2D eigenvalue weighted by Gasteiger charge is -2.39. The van der Waals surface area contributed by atoms with Gasteiger partial charge in [0, 0.05) is 36.3 Å². The molecule has 0 spiro atoms. The number of fused-ring (bicyclic) bond motifs is 1. The smallest absolute Gasteiger partial charge is 0.306 e. The molecule has 39 heavy (non-hydrogen) atoms. The zero-order valence-electron chi connectivity index (χ0n) is 20.6. The Balaban J connectivity index is 0.00000308. The topological polar surface area (TPSA) is 79.5 Å². The number of carbonyl (C=O) groups is 1. The molecule has 0 amide bonds. The van der Waals surface area contributed by atoms with E-state index < -0.39 is 29.2 Å². The SMILES string of the molecule is Cc1cc(-c2nc(-c3ccc4c(c3)CN(C3CC(C(=O)O)C3)C4)no2)c(F)cc1-c1cc(F)cc(F)c1F.Cl. The Bertz CT molecular complexity index is 1600. The van der Waals surface area contributed by atoms with Crippen molar-refractivity contribution < 1.29 is 32.0 Å². The third-order valence-corrected chi connectivity index (χ3v) is 7.44. The van der Waals surface area contributed by atoms with E-state index in [1.165, 1.54) is 6.07 Å². The maximum Gasteiger partial charge on any atom is 0.306 e. The number of aromatic nitrogens is 2. The monoisotopic (exact) mass is 559 g/mol. The van der Waals surface area contributed by atoms with Crippen LogP contribution < -0.4 is 0 Å². The third kappa shape index (κ3) is 4.79. The number of hydrogen-bond donors (Lipinski definition) is 1. The molecule has 4 aromatic rings. The molecule has 202 valence electrons. The largest absolute Gasteiger partial charge is 0.481 e. The van der Waals surface area contributed by atoms with E-state index in [0.717, 1.165) is 29.8 Å². The van der Waals surface area contributed by atoms with Gasteiger partial charge in [0.15, 0.2) is 11.6 Å². The van der Waals surface area contributed by atoms with E-state index in [1.54, 1.807) is 6.92 Å². The molecule has 1 fully saturated rings. The van der Waals surface area contributed by atoms with Crippen LogP contribution >= 0.6 is 12.4 Å². The second-order valence-corrected chi connectivity index (χ2v) is 9.87. The minimum Gasteiger partial charge on any atom is -0.481 e. The molecule has 11 heteroatoms. The van der Waals surface area contributed by atoms with Gasteiger partial charge in [-0.05, 0) is 66.3 Å². The first kappa shape index (κ1) is 26.8. The van der Waals surface area contributed by atoms with Crippen LogP contribution in [0.15, 0.2) is 47.0 Å². The summed E-state index contributed by atoms with van der Waals surface area (Å²) in [7, 11) is 0. The first-order valence-electron chi connectivity index (χ1n) is 12.1. The Labute approximate surface area is 226 Å². The molecule has 2 heterocycles. The van der Waals surface area contributed by atoms with Crippen LogP contribution in [0.4, 0.5) is 17.6 Å². The van der Waals surface area contributed by atoms with Crippen LogP contribution in [0.1, 0.15) is 29.5 Å². The summed E-state index contributed by atoms with van der Waals surface area (Å²) in [5.41, 5.74) is 2.88. The second kappa shape index (κ2) is 10.1. The van der Waals surface area contributed by atoms with Crippen LogP contribution in [0.25, 0.3) is 34.0 Å². The van der Waals surface area contributed by atoms with E-state index in [1.807, 2.05) is 18.2 Å². The quantitative estimate of drug-likeness (QED) is 0.221. The van der Waals surface area contributed by atoms with E-state index in [0.29, 0.717) is 36.6 Å². The van der Waals surface area contributed by atoms with Crippen LogP contribution in [0, 0.1) is 36.1 Å². The summed E-state index contributed by atoms with van der Waals surface area (Å²) in [4.78, 5) is 17.7. The molecule has 0 atom stereocenters. The molecule has 0 bridgehead atoms. The second-order valence-electron chi connectivity index (χ2n) is 9.87. The maximum atomic E-state index is 15.1. The highest BCUT2D eigenvalue weighted by molar-refractivity contribution is 5.85. The van der Waals surface area contributed by atoms with E-state index in [9.17, 15) is 18.0 Å². The number of aryl methyl sites for hydroxylation is 1. The van der Waals surface area contributed by atoms with Gasteiger partial charge in [-0.1, -0.05) is 17.3 Å². The van der Waals surface area contributed by atoms with Crippen LogP contribution in [-0.2, 0) is 17.9 Å². The van der Waals surface area contributed by atoms with E-state index in [4.69, 9.17) is 9.63 Å². The number of rotatable bonds is 5. The number of carboxylic acids is 1. The summed E-state index contributed by atoms with van der Waals surface area (Å²) in [5, 5.41) is 13.1. The van der Waals surface area contributed by atoms with Gasteiger partial charge in [-0.25, -0.2) is 17.6 Å². The molecule has 2 aliphatic rings. The lowest BCUT2D eigenvalue weighted by molar-refractivity contribution is -0.147. The summed E-state index contributed by atoms with van der Waals surface area (Å²) >= 11 is 0. The minimum atomic E-state index is -1.36. The van der Waals surface area contributed by atoms with Gasteiger partial charge >= 0.3 is 5.97 Å². The Hall–Kier alpha value is -3.76. The summed E-state index contributed by atoms with van der Waals surface area (Å²) in [6.07, 6.45) is 1.30. The molecule has 6 rings (SSSR count). The van der Waals surface area contributed by atoms with Crippen molar-refractivity contribution in [2.24, 2.45) is 5.92 Å². The first-order chi connectivity index (χ1) is 18.2. The molecule has 1 aliphatic heterocycles. The standard InChI is InChI=1S/C28H21F4N3O3.ClH/c1-13-4-22(23(30)10-20(13)21-8-18(29)9-24(31)25(21)32)27-33-26(34-38-27)14-2-3-15-11-35(12-17(15)5-14)19-6-16(7-19)28(36)37;/h2-5,8-10,16,19H,6-7,11-12H2,1H3,(H,36,37);1H. The molecule has 6 nitrogen and oxygen atoms in total. The van der Waals surface area contributed by atoms with Crippen molar-refractivity contribution in [3.8, 4) is 34.0 Å². The maximum absolute atomic E-state index is 15.1. The fraction of sp³-hybridized carbons (Fsp3) is 0.250. The highest BCUT2D eigenvalue weighted by Crippen LogP contribution is 2.38. The molecule has 0 saturated heterocycles. The van der Waals surface area contributed by atoms with Crippen molar-refractivity contribution in [2.75, 3.05) is 0 Å². The zero-order chi connectivity index (χ0) is 26.7. The number of carboxylic acid groups (broad SMARTS) is 1. The average molecular weight is 560 g/mol. The van der Waals surface area contributed by atoms with Crippen LogP contribution in [0.2, 0.25) is 0 Å². The van der Waals surface area contributed by atoms with Gasteiger partial charge in [-0.2, -0.15) is 4.98 Å². The molecule has 0 radical (unpaired) electrons. The van der Waals surface area contributed by atoms with E-state index in [-0.39, 0.29) is 52.8 Å². The molecule has 1 N–H and O–H groups in total. The number of benzene rings is 3. The average Bonchev–Trinajstić information content (AvgIpc) is 3.48. The van der Waals surface area contributed by atoms with Crippen molar-refractivity contribution in [3.63, 3.8) is 0 Å². The van der Waals surface area contributed by atoms with Gasteiger partial charge in [0.25, 0.3) is 5.89 Å². The Morgan fingerprint density at radius 1 is 0.949 bits per heavy atom. The normalized spacial score (nSPS) is 18.4. The molecule has 1 aromatic heterocycles. The Morgan fingerprint density at radius 3 is 2.44 bits per heavy atom. The van der Waals surface area contributed by atoms with Crippen molar-refractivity contribution in [1.82, 2.24) is 15.0 Å².